The van der Waals surface area contributed by atoms with Gasteiger partial charge in [0.2, 0.25) is 0 Å². The molecule has 3 rings (SSSR count). The van der Waals surface area contributed by atoms with Gasteiger partial charge in [-0.05, 0) is 31.0 Å². The highest BCUT2D eigenvalue weighted by Crippen LogP contribution is 2.22. The molecule has 2 aliphatic heterocycles. The molecule has 2 bridgehead atoms. The van der Waals surface area contributed by atoms with Crippen molar-refractivity contribution in [2.24, 2.45) is 5.92 Å². The molecule has 2 fully saturated rings. The molecule has 2 aliphatic rings. The second-order valence-electron chi connectivity index (χ2n) is 7.17. The van der Waals surface area contributed by atoms with Gasteiger partial charge in [-0.25, -0.2) is 0 Å². The van der Waals surface area contributed by atoms with Gasteiger partial charge in [0.15, 0.2) is 6.61 Å². The highest BCUT2D eigenvalue weighted by Gasteiger charge is 2.35. The monoisotopic (exact) mass is 362 g/mol. The molecule has 0 unspecified atom stereocenters. The molecule has 26 heavy (non-hydrogen) atoms. The van der Waals surface area contributed by atoms with Gasteiger partial charge < -0.3 is 19.5 Å². The number of carboxylic acids is 1. The highest BCUT2D eigenvalue weighted by atomic mass is 16.5. The molecule has 1 aromatic carbocycles. The van der Waals surface area contributed by atoms with Crippen molar-refractivity contribution in [3.63, 3.8) is 0 Å². The molecule has 2 heterocycles. The molecule has 1 aromatic rings. The first kappa shape index (κ1) is 18.7. The second kappa shape index (κ2) is 8.05. The third-order valence-electron chi connectivity index (χ3n) is 5.18. The van der Waals surface area contributed by atoms with Crippen LogP contribution in [0.15, 0.2) is 18.2 Å². The summed E-state index contributed by atoms with van der Waals surface area (Å²) >= 11 is 0. The van der Waals surface area contributed by atoms with Crippen molar-refractivity contribution in [2.75, 3.05) is 46.0 Å². The molecule has 0 saturated carbocycles. The minimum absolute atomic E-state index is 0.0104. The third-order valence-corrected chi connectivity index (χ3v) is 5.18. The number of hydrogen-bond acceptors (Lipinski definition) is 5. The Hall–Kier alpha value is -2.12. The topological polar surface area (TPSA) is 79.3 Å². The zero-order chi connectivity index (χ0) is 18.7. The fraction of sp³-hybridized carbons (Fsp3) is 0.579. The lowest BCUT2D eigenvalue weighted by molar-refractivity contribution is -0.139. The Morgan fingerprint density at radius 3 is 2.81 bits per heavy atom. The van der Waals surface area contributed by atoms with Crippen molar-refractivity contribution in [2.45, 2.75) is 19.9 Å². The maximum Gasteiger partial charge on any atom is 0.317 e. The fourth-order valence-electron chi connectivity index (χ4n) is 3.61. The van der Waals surface area contributed by atoms with Crippen LogP contribution in [-0.2, 0) is 14.3 Å². The number of aryl methyl sites for hydroxylation is 1. The van der Waals surface area contributed by atoms with Crippen molar-refractivity contribution in [1.29, 1.82) is 0 Å². The number of hydrogen-bond donors (Lipinski definition) is 1. The molecule has 0 aromatic heterocycles. The van der Waals surface area contributed by atoms with Crippen LogP contribution in [-0.4, -0.2) is 78.8 Å². The van der Waals surface area contributed by atoms with Gasteiger partial charge in [0, 0.05) is 25.6 Å². The normalized spacial score (nSPS) is 23.4. The lowest BCUT2D eigenvalue weighted by atomic mass is 10.1. The number of carbonyl (C=O) groups excluding carboxylic acids is 1. The molecule has 7 heteroatoms. The largest absolute Gasteiger partial charge is 0.483 e. The zero-order valence-electron chi connectivity index (χ0n) is 15.3. The zero-order valence-corrected chi connectivity index (χ0v) is 15.3. The molecule has 7 nitrogen and oxygen atoms in total. The molecule has 0 aliphatic carbocycles. The molecule has 142 valence electrons. The number of nitrogens with zero attached hydrogens (tertiary/aromatic N) is 2. The maximum atomic E-state index is 12.7. The molecule has 2 atom stereocenters. The molecule has 2 saturated heterocycles. The minimum atomic E-state index is -0.853. The van der Waals surface area contributed by atoms with E-state index in [2.05, 4.69) is 0 Å². The first-order valence-electron chi connectivity index (χ1n) is 8.94. The third kappa shape index (κ3) is 4.34. The molecular weight excluding hydrogens is 336 g/mol. The van der Waals surface area contributed by atoms with Crippen LogP contribution in [0.2, 0.25) is 0 Å². The number of ether oxygens (including phenoxy) is 2. The van der Waals surface area contributed by atoms with Gasteiger partial charge in [-0.15, -0.1) is 0 Å². The Kier molecular flexibility index (Phi) is 5.78. The van der Waals surface area contributed by atoms with E-state index in [9.17, 15) is 9.59 Å². The molecular formula is C19H26N2O5. The quantitative estimate of drug-likeness (QED) is 0.839. The standard InChI is InChI=1S/C19H26N2O5/c1-13-4-3-5-17(14(13)2)26-12-18(22)21-7-15-6-20(9-19(23)24)16(8-21)11-25-10-15/h3-5,15-16H,6-12H2,1-2H3,(H,23,24)/t15-,16+/m1/s1. The van der Waals surface area contributed by atoms with Crippen LogP contribution in [0.5, 0.6) is 5.75 Å². The van der Waals surface area contributed by atoms with E-state index < -0.39 is 5.97 Å². The number of carboxylic acid groups (broad SMARTS) is 1. The summed E-state index contributed by atoms with van der Waals surface area (Å²) in [5, 5.41) is 9.13. The van der Waals surface area contributed by atoms with Crippen molar-refractivity contribution in [3.8, 4) is 5.75 Å². The SMILES string of the molecule is Cc1cccc(OCC(=O)N2C[C@@H]3COC[C@H](C2)N(CC(=O)O)C3)c1C. The number of carbonyl (C=O) groups is 2. The number of rotatable bonds is 5. The van der Waals surface area contributed by atoms with Crippen molar-refractivity contribution >= 4 is 11.9 Å². The van der Waals surface area contributed by atoms with E-state index in [0.29, 0.717) is 32.8 Å². The molecule has 0 radical (unpaired) electrons. The summed E-state index contributed by atoms with van der Waals surface area (Å²) in [5.41, 5.74) is 2.16. The molecule has 1 N–H and O–H groups in total. The fourth-order valence-corrected chi connectivity index (χ4v) is 3.61. The van der Waals surface area contributed by atoms with Crippen molar-refractivity contribution < 1.29 is 24.2 Å². The first-order valence-corrected chi connectivity index (χ1v) is 8.94. The molecule has 0 spiro atoms. The van der Waals surface area contributed by atoms with Gasteiger partial charge in [0.05, 0.1) is 25.8 Å². The highest BCUT2D eigenvalue weighted by molar-refractivity contribution is 5.78. The Bertz CT molecular complexity index is 678. The van der Waals surface area contributed by atoms with Gasteiger partial charge in [0.25, 0.3) is 5.91 Å². The number of amides is 1. The van der Waals surface area contributed by atoms with E-state index in [1.807, 2.05) is 36.9 Å². The Balaban J connectivity index is 1.64. The summed E-state index contributed by atoms with van der Waals surface area (Å²) in [7, 11) is 0. The van der Waals surface area contributed by atoms with Gasteiger partial charge in [-0.3, -0.25) is 14.5 Å². The summed E-state index contributed by atoms with van der Waals surface area (Å²) in [6.45, 7) is 6.64. The predicted molar refractivity (Wildman–Crippen MR) is 95.3 cm³/mol. The summed E-state index contributed by atoms with van der Waals surface area (Å²) in [5.74, 6) is -0.0793. The van der Waals surface area contributed by atoms with E-state index >= 15 is 0 Å². The van der Waals surface area contributed by atoms with E-state index in [1.54, 1.807) is 4.90 Å². The number of benzene rings is 1. The average Bonchev–Trinajstić information content (AvgIpc) is 2.85. The van der Waals surface area contributed by atoms with Crippen LogP contribution >= 0.6 is 0 Å². The van der Waals surface area contributed by atoms with E-state index in [0.717, 1.165) is 16.9 Å². The summed E-state index contributed by atoms with van der Waals surface area (Å²) in [6, 6.07) is 5.70. The van der Waals surface area contributed by atoms with Crippen LogP contribution < -0.4 is 4.74 Å². The smallest absolute Gasteiger partial charge is 0.317 e. The minimum Gasteiger partial charge on any atom is -0.483 e. The lowest BCUT2D eigenvalue weighted by Gasteiger charge is -2.30. The number of fused-ring (bicyclic) bond motifs is 3. The van der Waals surface area contributed by atoms with Crippen LogP contribution in [0.25, 0.3) is 0 Å². The predicted octanol–water partition coefficient (Wildman–Crippen LogP) is 0.926. The van der Waals surface area contributed by atoms with Crippen LogP contribution in [0, 0.1) is 19.8 Å². The van der Waals surface area contributed by atoms with Crippen LogP contribution in [0.3, 0.4) is 0 Å². The van der Waals surface area contributed by atoms with Gasteiger partial charge in [-0.2, -0.15) is 0 Å². The van der Waals surface area contributed by atoms with Crippen molar-refractivity contribution in [3.05, 3.63) is 29.3 Å². The van der Waals surface area contributed by atoms with E-state index in [1.165, 1.54) is 0 Å². The Labute approximate surface area is 153 Å². The summed E-state index contributed by atoms with van der Waals surface area (Å²) in [4.78, 5) is 27.5. The second-order valence-corrected chi connectivity index (χ2v) is 7.17. The maximum absolute atomic E-state index is 12.7. The van der Waals surface area contributed by atoms with Crippen molar-refractivity contribution in [1.82, 2.24) is 9.80 Å². The van der Waals surface area contributed by atoms with Gasteiger partial charge in [-0.1, -0.05) is 12.1 Å². The molecule has 1 amide bonds. The van der Waals surface area contributed by atoms with Gasteiger partial charge in [0.1, 0.15) is 5.75 Å². The van der Waals surface area contributed by atoms with Gasteiger partial charge >= 0.3 is 5.97 Å². The summed E-state index contributed by atoms with van der Waals surface area (Å²) in [6.07, 6.45) is 0. The average molecular weight is 362 g/mol. The lowest BCUT2D eigenvalue weighted by Crippen LogP contribution is -2.48. The van der Waals surface area contributed by atoms with E-state index in [4.69, 9.17) is 14.6 Å². The van der Waals surface area contributed by atoms with Crippen LogP contribution in [0.4, 0.5) is 0 Å². The Morgan fingerprint density at radius 2 is 2.04 bits per heavy atom. The van der Waals surface area contributed by atoms with E-state index in [-0.39, 0.29) is 31.0 Å². The Morgan fingerprint density at radius 1 is 1.23 bits per heavy atom. The summed E-state index contributed by atoms with van der Waals surface area (Å²) < 4.78 is 11.4. The van der Waals surface area contributed by atoms with Crippen LogP contribution in [0.1, 0.15) is 11.1 Å². The number of aliphatic carboxylic acids is 1. The first-order chi connectivity index (χ1) is 12.4.